The molecule has 3 rings (SSSR count). The van der Waals surface area contributed by atoms with Gasteiger partial charge in [0.25, 0.3) is 15.7 Å². The van der Waals surface area contributed by atoms with Crippen molar-refractivity contribution >= 4 is 32.2 Å². The van der Waals surface area contributed by atoms with Gasteiger partial charge >= 0.3 is 0 Å². The maximum absolute atomic E-state index is 13.0. The lowest BCUT2D eigenvalue weighted by Gasteiger charge is -2.32. The number of para-hydroxylation sites is 1. The molecular weight excluding hydrogens is 354 g/mol. The molecule has 1 saturated heterocycles. The van der Waals surface area contributed by atoms with Crippen LogP contribution in [0.5, 0.6) is 0 Å². The molecule has 1 atom stereocenters. The molecule has 1 aliphatic heterocycles. The summed E-state index contributed by atoms with van der Waals surface area (Å²) in [5, 5.41) is 19.7. The number of nitrogens with zero attached hydrogens (tertiary/aromatic N) is 4. The third-order valence-electron chi connectivity index (χ3n) is 3.84. The summed E-state index contributed by atoms with van der Waals surface area (Å²) in [6, 6.07) is 4.86. The van der Waals surface area contributed by atoms with E-state index >= 15 is 0 Å². The SMILES string of the molecule is Nc1nnc([C@H]2CCCCN2S(=O)(=O)c2ccccc2[N+](=O)[O-])s1. The molecule has 24 heavy (non-hydrogen) atoms. The Kier molecular flexibility index (Phi) is 4.47. The molecule has 0 aliphatic carbocycles. The molecule has 2 aromatic rings. The number of hydrogen-bond donors (Lipinski definition) is 1. The van der Waals surface area contributed by atoms with E-state index in [2.05, 4.69) is 10.2 Å². The van der Waals surface area contributed by atoms with Crippen molar-refractivity contribution in [2.75, 3.05) is 12.3 Å². The molecular formula is C13H15N5O4S2. The van der Waals surface area contributed by atoms with Crippen LogP contribution < -0.4 is 5.73 Å². The topological polar surface area (TPSA) is 132 Å². The monoisotopic (exact) mass is 369 g/mol. The fraction of sp³-hybridized carbons (Fsp3) is 0.385. The summed E-state index contributed by atoms with van der Waals surface area (Å²) in [7, 11) is -4.04. The lowest BCUT2D eigenvalue weighted by Crippen LogP contribution is -2.38. The summed E-state index contributed by atoms with van der Waals surface area (Å²) in [5.74, 6) is 0. The van der Waals surface area contributed by atoms with E-state index in [1.165, 1.54) is 28.6 Å². The Morgan fingerprint density at radius 3 is 2.71 bits per heavy atom. The lowest BCUT2D eigenvalue weighted by atomic mass is 10.1. The molecule has 0 radical (unpaired) electrons. The average Bonchev–Trinajstić information content (AvgIpc) is 3.01. The lowest BCUT2D eigenvalue weighted by molar-refractivity contribution is -0.387. The quantitative estimate of drug-likeness (QED) is 0.643. The van der Waals surface area contributed by atoms with Crippen molar-refractivity contribution in [2.45, 2.75) is 30.2 Å². The first-order valence-corrected chi connectivity index (χ1v) is 9.51. The van der Waals surface area contributed by atoms with Crippen LogP contribution in [0.4, 0.5) is 10.8 Å². The van der Waals surface area contributed by atoms with Gasteiger partial charge in [-0.25, -0.2) is 8.42 Å². The number of rotatable bonds is 4. The van der Waals surface area contributed by atoms with Gasteiger partial charge in [0.15, 0.2) is 4.90 Å². The van der Waals surface area contributed by atoms with E-state index in [1.807, 2.05) is 0 Å². The summed E-state index contributed by atoms with van der Waals surface area (Å²) in [6.45, 7) is 0.276. The summed E-state index contributed by atoms with van der Waals surface area (Å²) >= 11 is 1.14. The fourth-order valence-electron chi connectivity index (χ4n) is 2.77. The molecule has 11 heteroatoms. The van der Waals surface area contributed by atoms with Gasteiger partial charge in [-0.1, -0.05) is 29.9 Å². The average molecular weight is 369 g/mol. The molecule has 128 valence electrons. The van der Waals surface area contributed by atoms with Crippen LogP contribution in [0, 0.1) is 10.1 Å². The van der Waals surface area contributed by atoms with Gasteiger partial charge in [0.05, 0.1) is 11.0 Å². The van der Waals surface area contributed by atoms with Crippen LogP contribution >= 0.6 is 11.3 Å². The second-order valence-electron chi connectivity index (χ2n) is 5.33. The summed E-state index contributed by atoms with van der Waals surface area (Å²) in [6.07, 6.45) is 2.10. The van der Waals surface area contributed by atoms with Crippen LogP contribution in [0.25, 0.3) is 0 Å². The number of nitrogen functional groups attached to an aromatic ring is 1. The Morgan fingerprint density at radius 2 is 2.04 bits per heavy atom. The van der Waals surface area contributed by atoms with Crippen LogP contribution in [0.3, 0.4) is 0 Å². The second-order valence-corrected chi connectivity index (χ2v) is 8.23. The molecule has 2 heterocycles. The smallest absolute Gasteiger partial charge is 0.289 e. The number of aromatic nitrogens is 2. The number of benzene rings is 1. The molecule has 1 aromatic carbocycles. The van der Waals surface area contributed by atoms with Crippen molar-refractivity contribution in [3.63, 3.8) is 0 Å². The standard InChI is InChI=1S/C13H15N5O4S2/c14-13-16-15-12(23-13)10-6-3-4-8-17(10)24(21,22)11-7-2-1-5-9(11)18(19)20/h1-2,5,7,10H,3-4,6,8H2,(H2,14,16)/t10-/m1/s1. The minimum absolute atomic E-state index is 0.263. The Hall–Kier alpha value is -2.11. The van der Waals surface area contributed by atoms with Crippen molar-refractivity contribution in [1.29, 1.82) is 0 Å². The molecule has 9 nitrogen and oxygen atoms in total. The summed E-state index contributed by atoms with van der Waals surface area (Å²) < 4.78 is 27.4. The number of nitrogens with two attached hydrogens (primary N) is 1. The zero-order chi connectivity index (χ0) is 17.3. The number of sulfonamides is 1. The van der Waals surface area contributed by atoms with Gasteiger partial charge in [-0.15, -0.1) is 10.2 Å². The van der Waals surface area contributed by atoms with Crippen molar-refractivity contribution in [2.24, 2.45) is 0 Å². The van der Waals surface area contributed by atoms with Gasteiger partial charge in [0, 0.05) is 12.6 Å². The van der Waals surface area contributed by atoms with E-state index in [1.54, 1.807) is 0 Å². The second kappa shape index (κ2) is 6.42. The van der Waals surface area contributed by atoms with E-state index < -0.39 is 26.7 Å². The van der Waals surface area contributed by atoms with E-state index in [0.717, 1.165) is 17.8 Å². The van der Waals surface area contributed by atoms with Crippen LogP contribution in [0.15, 0.2) is 29.2 Å². The molecule has 1 aromatic heterocycles. The summed E-state index contributed by atoms with van der Waals surface area (Å²) in [4.78, 5) is 10.2. The van der Waals surface area contributed by atoms with Gasteiger partial charge in [-0.3, -0.25) is 10.1 Å². The first-order chi connectivity index (χ1) is 11.4. The molecule has 0 unspecified atom stereocenters. The van der Waals surface area contributed by atoms with E-state index in [9.17, 15) is 18.5 Å². The largest absolute Gasteiger partial charge is 0.374 e. The molecule has 1 aliphatic rings. The van der Waals surface area contributed by atoms with Gasteiger partial charge in [0.2, 0.25) is 5.13 Å². The van der Waals surface area contributed by atoms with E-state index in [0.29, 0.717) is 17.8 Å². The number of nitro benzene ring substituents is 1. The number of nitro groups is 1. The van der Waals surface area contributed by atoms with E-state index in [4.69, 9.17) is 5.73 Å². The zero-order valence-electron chi connectivity index (χ0n) is 12.5. The minimum atomic E-state index is -4.04. The highest BCUT2D eigenvalue weighted by molar-refractivity contribution is 7.89. The van der Waals surface area contributed by atoms with Gasteiger partial charge in [-0.2, -0.15) is 4.31 Å². The van der Waals surface area contributed by atoms with Crippen molar-refractivity contribution < 1.29 is 13.3 Å². The number of anilines is 1. The first-order valence-electron chi connectivity index (χ1n) is 7.25. The normalized spacial score (nSPS) is 19.2. The third kappa shape index (κ3) is 2.97. The predicted octanol–water partition coefficient (Wildman–Crippen LogP) is 1.94. The molecule has 0 saturated carbocycles. The maximum atomic E-state index is 13.0. The molecule has 0 amide bonds. The molecule has 0 bridgehead atoms. The third-order valence-corrected chi connectivity index (χ3v) is 6.65. The highest BCUT2D eigenvalue weighted by Crippen LogP contribution is 2.38. The predicted molar refractivity (Wildman–Crippen MR) is 87.9 cm³/mol. The van der Waals surface area contributed by atoms with Crippen LogP contribution in [-0.2, 0) is 10.0 Å². The van der Waals surface area contributed by atoms with Gasteiger partial charge in [0.1, 0.15) is 5.01 Å². The van der Waals surface area contributed by atoms with Crippen LogP contribution in [0.2, 0.25) is 0 Å². The molecule has 1 fully saturated rings. The van der Waals surface area contributed by atoms with E-state index in [-0.39, 0.29) is 16.6 Å². The Bertz CT molecular complexity index is 867. The Balaban J connectivity index is 2.06. The fourth-order valence-corrected chi connectivity index (χ4v) is 5.42. The van der Waals surface area contributed by atoms with Gasteiger partial charge in [-0.05, 0) is 18.9 Å². The number of hydrogen-bond acceptors (Lipinski definition) is 8. The van der Waals surface area contributed by atoms with Crippen molar-refractivity contribution in [3.8, 4) is 0 Å². The molecule has 0 spiro atoms. The zero-order valence-corrected chi connectivity index (χ0v) is 14.2. The Labute approximate surface area is 142 Å². The Morgan fingerprint density at radius 1 is 1.29 bits per heavy atom. The van der Waals surface area contributed by atoms with Crippen molar-refractivity contribution in [1.82, 2.24) is 14.5 Å². The van der Waals surface area contributed by atoms with Crippen LogP contribution in [0.1, 0.15) is 30.3 Å². The number of piperidine rings is 1. The van der Waals surface area contributed by atoms with Crippen molar-refractivity contribution in [3.05, 3.63) is 39.4 Å². The highest BCUT2D eigenvalue weighted by Gasteiger charge is 2.39. The minimum Gasteiger partial charge on any atom is -0.374 e. The van der Waals surface area contributed by atoms with Crippen LogP contribution in [-0.4, -0.2) is 34.4 Å². The maximum Gasteiger partial charge on any atom is 0.289 e. The first kappa shape index (κ1) is 16.7. The summed E-state index contributed by atoms with van der Waals surface area (Å²) in [5.41, 5.74) is 5.17. The molecule has 2 N–H and O–H groups in total. The van der Waals surface area contributed by atoms with Gasteiger partial charge < -0.3 is 5.73 Å². The highest BCUT2D eigenvalue weighted by atomic mass is 32.2.